The lowest BCUT2D eigenvalue weighted by atomic mass is 9.48. The Bertz CT molecular complexity index is 1160. The van der Waals surface area contributed by atoms with Crippen LogP contribution >= 0.6 is 0 Å². The number of amides is 2. The average molecular weight is 539 g/mol. The molecule has 4 aliphatic carbocycles. The van der Waals surface area contributed by atoms with Gasteiger partial charge in [-0.2, -0.15) is 0 Å². The van der Waals surface area contributed by atoms with Crippen molar-refractivity contribution in [3.8, 4) is 0 Å². The summed E-state index contributed by atoms with van der Waals surface area (Å²) in [6.07, 6.45) is 5.39. The van der Waals surface area contributed by atoms with Crippen LogP contribution in [-0.2, 0) is 24.4 Å². The number of piperidine rings is 1. The number of ether oxygens (including phenoxy) is 3. The molecule has 212 valence electrons. The van der Waals surface area contributed by atoms with Crippen molar-refractivity contribution in [1.82, 2.24) is 4.90 Å². The number of aryl methyl sites for hydroxylation is 1. The van der Waals surface area contributed by atoms with Gasteiger partial charge in [0.1, 0.15) is 11.7 Å². The van der Waals surface area contributed by atoms with E-state index in [9.17, 15) is 14.4 Å². The maximum Gasteiger partial charge on any atom is 0.414 e. The fraction of sp³-hybridized carbons (Fsp3) is 0.710. The van der Waals surface area contributed by atoms with Gasteiger partial charge in [0.25, 0.3) is 0 Å². The first-order valence-electron chi connectivity index (χ1n) is 14.6. The Labute approximate surface area is 231 Å². The molecule has 4 bridgehead atoms. The molecule has 5 fully saturated rings. The van der Waals surface area contributed by atoms with Gasteiger partial charge in [-0.1, -0.05) is 12.1 Å². The minimum atomic E-state index is -0.571. The monoisotopic (exact) mass is 538 g/mol. The fourth-order valence-corrected chi connectivity index (χ4v) is 8.64. The number of rotatable bonds is 2. The molecule has 0 aromatic heterocycles. The van der Waals surface area contributed by atoms with Gasteiger partial charge in [-0.25, -0.2) is 9.59 Å². The molecule has 7 rings (SSSR count). The van der Waals surface area contributed by atoms with Gasteiger partial charge in [-0.05, 0) is 108 Å². The Kier molecular flexibility index (Phi) is 6.19. The second-order valence-electron chi connectivity index (χ2n) is 13.9. The van der Waals surface area contributed by atoms with Gasteiger partial charge in [0.15, 0.2) is 0 Å². The number of fused-ring (bicyclic) bond motifs is 2. The second kappa shape index (κ2) is 9.13. The van der Waals surface area contributed by atoms with Gasteiger partial charge in [0.2, 0.25) is 0 Å². The van der Waals surface area contributed by atoms with Crippen LogP contribution in [0.5, 0.6) is 0 Å². The van der Waals surface area contributed by atoms with Crippen molar-refractivity contribution < 1.29 is 28.6 Å². The first kappa shape index (κ1) is 26.5. The average Bonchev–Trinajstić information content (AvgIpc) is 3.17. The van der Waals surface area contributed by atoms with Crippen molar-refractivity contribution in [2.45, 2.75) is 89.8 Å². The Morgan fingerprint density at radius 2 is 1.64 bits per heavy atom. The van der Waals surface area contributed by atoms with E-state index in [1.165, 1.54) is 12.7 Å². The van der Waals surface area contributed by atoms with Crippen molar-refractivity contribution in [1.29, 1.82) is 0 Å². The summed E-state index contributed by atoms with van der Waals surface area (Å²) in [7, 11) is 1.48. The number of esters is 1. The minimum Gasteiger partial charge on any atom is -0.469 e. The van der Waals surface area contributed by atoms with Gasteiger partial charge in [0, 0.05) is 25.0 Å². The molecule has 8 heteroatoms. The number of likely N-dealkylation sites (tertiary alicyclic amines) is 1. The molecular formula is C31H42N2O6. The third-order valence-corrected chi connectivity index (χ3v) is 10.1. The van der Waals surface area contributed by atoms with Crippen molar-refractivity contribution in [2.75, 3.05) is 31.6 Å². The minimum absolute atomic E-state index is 0.0829. The number of carbonyl (C=O) groups is 3. The van der Waals surface area contributed by atoms with E-state index in [4.69, 9.17) is 14.2 Å². The summed E-state index contributed by atoms with van der Waals surface area (Å²) in [5.41, 5.74) is 2.05. The smallest absolute Gasteiger partial charge is 0.414 e. The second-order valence-corrected chi connectivity index (χ2v) is 13.9. The summed E-state index contributed by atoms with van der Waals surface area (Å²) < 4.78 is 17.2. The maximum atomic E-state index is 13.4. The molecule has 1 saturated heterocycles. The molecular weight excluding hydrogens is 496 g/mol. The normalized spacial score (nSPS) is 32.2. The molecule has 0 N–H and O–H groups in total. The van der Waals surface area contributed by atoms with E-state index < -0.39 is 5.60 Å². The van der Waals surface area contributed by atoms with Gasteiger partial charge in [-0.15, -0.1) is 0 Å². The zero-order valence-electron chi connectivity index (χ0n) is 24.0. The van der Waals surface area contributed by atoms with Gasteiger partial charge < -0.3 is 19.1 Å². The van der Waals surface area contributed by atoms with Gasteiger partial charge in [0.05, 0.1) is 18.2 Å². The number of nitrogens with zero attached hydrogens (tertiary/aromatic N) is 2. The van der Waals surface area contributed by atoms with E-state index in [1.54, 1.807) is 4.90 Å². The van der Waals surface area contributed by atoms with Crippen molar-refractivity contribution in [3.05, 3.63) is 29.3 Å². The Morgan fingerprint density at radius 1 is 0.974 bits per heavy atom. The molecule has 2 unspecified atom stereocenters. The predicted molar refractivity (Wildman–Crippen MR) is 146 cm³/mol. The molecule has 4 saturated carbocycles. The SMILES string of the molecule is COC(=O)C12CC3CC(C1)C(OC(=O)N1CCC4(CC1)CN(C(=O)OC(C)(C)C)c1cc(C)ccc14)C(C3)C2. The van der Waals surface area contributed by atoms with E-state index >= 15 is 0 Å². The molecule has 8 nitrogen and oxygen atoms in total. The largest absolute Gasteiger partial charge is 0.469 e. The van der Waals surface area contributed by atoms with Crippen LogP contribution in [0.2, 0.25) is 0 Å². The highest BCUT2D eigenvalue weighted by Crippen LogP contribution is 2.61. The number of benzene rings is 1. The first-order valence-corrected chi connectivity index (χ1v) is 14.6. The predicted octanol–water partition coefficient (Wildman–Crippen LogP) is 5.59. The van der Waals surface area contributed by atoms with Crippen LogP contribution in [0.1, 0.15) is 76.8 Å². The Morgan fingerprint density at radius 3 is 2.26 bits per heavy atom. The van der Waals surface area contributed by atoms with Crippen LogP contribution in [0.15, 0.2) is 18.2 Å². The number of anilines is 1. The number of hydrogen-bond donors (Lipinski definition) is 0. The highest BCUT2D eigenvalue weighted by molar-refractivity contribution is 5.92. The first-order chi connectivity index (χ1) is 18.4. The van der Waals surface area contributed by atoms with Crippen LogP contribution in [0.4, 0.5) is 15.3 Å². The summed E-state index contributed by atoms with van der Waals surface area (Å²) in [6.45, 7) is 9.43. The molecule has 1 aromatic rings. The summed E-state index contributed by atoms with van der Waals surface area (Å²) in [5.74, 6) is 0.927. The third kappa shape index (κ3) is 4.48. The Balaban J connectivity index is 1.13. The zero-order valence-corrected chi connectivity index (χ0v) is 24.0. The van der Waals surface area contributed by atoms with Crippen LogP contribution in [0, 0.1) is 30.1 Å². The number of carbonyl (C=O) groups excluding carboxylic acids is 3. The summed E-state index contributed by atoms with van der Waals surface area (Å²) >= 11 is 0. The van der Waals surface area contributed by atoms with E-state index in [0.29, 0.717) is 25.6 Å². The molecule has 1 spiro atoms. The standard InChI is InChI=1S/C31H42N2O6/c1-19-6-7-23-24(12-19)33(28(36)39-29(2,3)4)18-30(23)8-10-32(11-9-30)27(35)38-25-21-13-20-14-22(25)17-31(15-20,16-21)26(34)37-5/h6-7,12,20-22,25H,8-11,13-18H2,1-5H3. The lowest BCUT2D eigenvalue weighted by Crippen LogP contribution is -2.58. The topological polar surface area (TPSA) is 85.4 Å². The van der Waals surface area contributed by atoms with Gasteiger partial charge >= 0.3 is 18.2 Å². The number of methoxy groups -OCH3 is 1. The van der Waals surface area contributed by atoms with Crippen LogP contribution in [0.25, 0.3) is 0 Å². The fourth-order valence-electron chi connectivity index (χ4n) is 8.64. The molecule has 6 aliphatic rings. The molecule has 2 aliphatic heterocycles. The molecule has 39 heavy (non-hydrogen) atoms. The van der Waals surface area contributed by atoms with Crippen molar-refractivity contribution in [2.24, 2.45) is 23.2 Å². The highest BCUT2D eigenvalue weighted by atomic mass is 16.6. The zero-order chi connectivity index (χ0) is 27.7. The summed E-state index contributed by atoms with van der Waals surface area (Å²) in [4.78, 5) is 42.8. The molecule has 2 amide bonds. The van der Waals surface area contributed by atoms with E-state index in [1.807, 2.05) is 32.6 Å². The van der Waals surface area contributed by atoms with Crippen molar-refractivity contribution in [3.63, 3.8) is 0 Å². The lowest BCUT2D eigenvalue weighted by Gasteiger charge is -2.57. The number of hydrogen-bond acceptors (Lipinski definition) is 6. The van der Waals surface area contributed by atoms with Crippen LogP contribution < -0.4 is 4.90 Å². The van der Waals surface area contributed by atoms with E-state index in [2.05, 4.69) is 18.2 Å². The van der Waals surface area contributed by atoms with E-state index in [0.717, 1.165) is 56.2 Å². The van der Waals surface area contributed by atoms with Crippen LogP contribution in [-0.4, -0.2) is 61.5 Å². The third-order valence-electron chi connectivity index (χ3n) is 10.1. The molecule has 2 atom stereocenters. The molecule has 1 aromatic carbocycles. The Hall–Kier alpha value is -2.77. The molecule has 0 radical (unpaired) electrons. The van der Waals surface area contributed by atoms with Crippen LogP contribution in [0.3, 0.4) is 0 Å². The quantitative estimate of drug-likeness (QED) is 0.361. The molecule has 2 heterocycles. The highest BCUT2D eigenvalue weighted by Gasteiger charge is 2.60. The van der Waals surface area contributed by atoms with Crippen molar-refractivity contribution >= 4 is 23.8 Å². The van der Waals surface area contributed by atoms with E-state index in [-0.39, 0.29) is 46.9 Å². The lowest BCUT2D eigenvalue weighted by molar-refractivity contribution is -0.182. The summed E-state index contributed by atoms with van der Waals surface area (Å²) in [5, 5.41) is 0. The maximum absolute atomic E-state index is 13.4. The summed E-state index contributed by atoms with van der Waals surface area (Å²) in [6, 6.07) is 6.32. The van der Waals surface area contributed by atoms with Gasteiger partial charge in [-0.3, -0.25) is 9.69 Å².